The van der Waals surface area contributed by atoms with Crippen molar-refractivity contribution in [3.05, 3.63) is 6.92 Å². The molecular formula is C6H12Br-. The smallest absolute Gasteiger partial charge is 0.00312 e. The van der Waals surface area contributed by atoms with Gasteiger partial charge in [0.05, 0.1) is 0 Å². The Bertz CT molecular complexity index is 23.4. The Labute approximate surface area is 54.4 Å². The fraction of sp³-hybridized carbons (Fsp3) is 0.833. The topological polar surface area (TPSA) is 0 Å². The van der Waals surface area contributed by atoms with E-state index in [1.807, 2.05) is 0 Å². The third kappa shape index (κ3) is 6.48. The minimum Gasteiger partial charge on any atom is -0.343 e. The van der Waals surface area contributed by atoms with Crippen LogP contribution in [0, 0.1) is 6.92 Å². The minimum atomic E-state index is 1.09. The summed E-state index contributed by atoms with van der Waals surface area (Å²) >= 11 is 3.36. The molecule has 0 saturated heterocycles. The van der Waals surface area contributed by atoms with E-state index in [0.717, 1.165) is 11.8 Å². The van der Waals surface area contributed by atoms with Crippen molar-refractivity contribution in [2.75, 3.05) is 5.33 Å². The molecule has 0 unspecified atom stereocenters. The van der Waals surface area contributed by atoms with Gasteiger partial charge in [0.1, 0.15) is 0 Å². The van der Waals surface area contributed by atoms with Crippen LogP contribution in [-0.4, -0.2) is 5.33 Å². The van der Waals surface area contributed by atoms with Gasteiger partial charge in [0.25, 0.3) is 0 Å². The van der Waals surface area contributed by atoms with Crippen LogP contribution >= 0.6 is 15.9 Å². The molecule has 0 N–H and O–H groups in total. The van der Waals surface area contributed by atoms with Crippen molar-refractivity contribution in [1.82, 2.24) is 0 Å². The van der Waals surface area contributed by atoms with Crippen molar-refractivity contribution in [1.29, 1.82) is 0 Å². The van der Waals surface area contributed by atoms with Crippen LogP contribution in [0.25, 0.3) is 0 Å². The van der Waals surface area contributed by atoms with E-state index in [-0.39, 0.29) is 0 Å². The summed E-state index contributed by atoms with van der Waals surface area (Å²) in [5, 5.41) is 1.15. The second kappa shape index (κ2) is 6.48. The van der Waals surface area contributed by atoms with Crippen LogP contribution in [0.4, 0.5) is 0 Å². The summed E-state index contributed by atoms with van der Waals surface area (Å²) in [6, 6.07) is 0. The molecule has 0 saturated carbocycles. The lowest BCUT2D eigenvalue weighted by Gasteiger charge is -1.94. The maximum absolute atomic E-state index is 3.74. The minimum absolute atomic E-state index is 1.09. The zero-order valence-electron chi connectivity index (χ0n) is 4.62. The first kappa shape index (κ1) is 7.48. The second-order valence-corrected chi connectivity index (χ2v) is 2.40. The molecule has 0 nitrogen and oxygen atoms in total. The summed E-state index contributed by atoms with van der Waals surface area (Å²) in [7, 11) is 0. The van der Waals surface area contributed by atoms with E-state index in [9.17, 15) is 0 Å². The van der Waals surface area contributed by atoms with E-state index in [2.05, 4.69) is 22.9 Å². The van der Waals surface area contributed by atoms with Gasteiger partial charge in [-0.25, -0.2) is 0 Å². The third-order valence-electron chi connectivity index (χ3n) is 0.884. The fourth-order valence-electron chi connectivity index (χ4n) is 0.448. The third-order valence-corrected chi connectivity index (χ3v) is 1.44. The van der Waals surface area contributed by atoms with Gasteiger partial charge in [-0.15, -0.1) is 0 Å². The van der Waals surface area contributed by atoms with Gasteiger partial charge in [-0.1, -0.05) is 28.8 Å². The maximum atomic E-state index is 3.74. The molecule has 0 aromatic carbocycles. The molecule has 0 aliphatic heterocycles. The summed E-state index contributed by atoms with van der Waals surface area (Å²) in [6.45, 7) is 3.74. The van der Waals surface area contributed by atoms with E-state index in [1.54, 1.807) is 0 Å². The Kier molecular flexibility index (Phi) is 6.92. The van der Waals surface area contributed by atoms with Crippen LogP contribution in [0.3, 0.4) is 0 Å². The Morgan fingerprint density at radius 3 is 2.29 bits per heavy atom. The normalized spacial score (nSPS) is 9.43. The van der Waals surface area contributed by atoms with Gasteiger partial charge < -0.3 is 6.92 Å². The fourth-order valence-corrected chi connectivity index (χ4v) is 0.845. The highest BCUT2D eigenvalue weighted by Gasteiger charge is 1.78. The van der Waals surface area contributed by atoms with Gasteiger partial charge in [-0.3, -0.25) is 0 Å². The largest absolute Gasteiger partial charge is 0.343 e. The monoisotopic (exact) mass is 163 g/mol. The number of hydrogen-bond donors (Lipinski definition) is 0. The lowest BCUT2D eigenvalue weighted by atomic mass is 10.2. The Balaban J connectivity index is 2.45. The van der Waals surface area contributed by atoms with Gasteiger partial charge >= 0.3 is 0 Å². The second-order valence-electron chi connectivity index (χ2n) is 1.60. The summed E-state index contributed by atoms with van der Waals surface area (Å²) in [6.07, 6.45) is 5.00. The van der Waals surface area contributed by atoms with Crippen LogP contribution in [0.5, 0.6) is 0 Å². The average Bonchev–Trinajstić information content (AvgIpc) is 1.69. The molecule has 0 amide bonds. The molecule has 0 radical (unpaired) electrons. The van der Waals surface area contributed by atoms with Crippen molar-refractivity contribution in [3.63, 3.8) is 0 Å². The molecule has 0 aliphatic carbocycles. The van der Waals surface area contributed by atoms with Crippen LogP contribution in [-0.2, 0) is 0 Å². The quantitative estimate of drug-likeness (QED) is 0.340. The van der Waals surface area contributed by atoms with E-state index in [0.29, 0.717) is 0 Å². The molecule has 0 bridgehead atoms. The van der Waals surface area contributed by atoms with Gasteiger partial charge in [0, 0.05) is 5.33 Å². The Morgan fingerprint density at radius 1 is 1.14 bits per heavy atom. The molecule has 0 atom stereocenters. The van der Waals surface area contributed by atoms with E-state index in [1.165, 1.54) is 19.3 Å². The van der Waals surface area contributed by atoms with Crippen LogP contribution in [0.1, 0.15) is 25.7 Å². The molecular weight excluding hydrogens is 152 g/mol. The Morgan fingerprint density at radius 2 is 1.86 bits per heavy atom. The SMILES string of the molecule is [CH2-]CCCCCBr. The van der Waals surface area contributed by atoms with Crippen molar-refractivity contribution >= 4 is 15.9 Å². The molecule has 0 rings (SSSR count). The van der Waals surface area contributed by atoms with Gasteiger partial charge in [-0.2, -0.15) is 6.42 Å². The number of alkyl halides is 1. The molecule has 0 fully saturated rings. The van der Waals surface area contributed by atoms with Crippen molar-refractivity contribution in [3.8, 4) is 0 Å². The predicted molar refractivity (Wildman–Crippen MR) is 37.6 cm³/mol. The molecule has 0 aliphatic rings. The lowest BCUT2D eigenvalue weighted by Crippen LogP contribution is -1.74. The summed E-state index contributed by atoms with van der Waals surface area (Å²) in [5.74, 6) is 0. The van der Waals surface area contributed by atoms with E-state index >= 15 is 0 Å². The maximum Gasteiger partial charge on any atom is 0.00312 e. The van der Waals surface area contributed by atoms with Crippen LogP contribution in [0.2, 0.25) is 0 Å². The highest BCUT2D eigenvalue weighted by molar-refractivity contribution is 9.09. The number of rotatable bonds is 4. The van der Waals surface area contributed by atoms with Crippen molar-refractivity contribution in [2.45, 2.75) is 25.7 Å². The molecule has 44 valence electrons. The first-order valence-electron chi connectivity index (χ1n) is 2.77. The summed E-state index contributed by atoms with van der Waals surface area (Å²) in [5.41, 5.74) is 0. The van der Waals surface area contributed by atoms with Crippen molar-refractivity contribution < 1.29 is 0 Å². The van der Waals surface area contributed by atoms with Crippen molar-refractivity contribution in [2.24, 2.45) is 0 Å². The number of unbranched alkanes of at least 4 members (excludes halogenated alkanes) is 3. The average molecular weight is 164 g/mol. The van der Waals surface area contributed by atoms with Crippen LogP contribution < -0.4 is 0 Å². The number of halogens is 1. The predicted octanol–water partition coefficient (Wildman–Crippen LogP) is 2.78. The number of hydrogen-bond acceptors (Lipinski definition) is 0. The summed E-state index contributed by atoms with van der Waals surface area (Å²) in [4.78, 5) is 0. The standard InChI is InChI=1S/C6H12Br/c1-2-3-4-5-6-7/h1-6H2/q-1. The van der Waals surface area contributed by atoms with Gasteiger partial charge in [0.2, 0.25) is 0 Å². The zero-order chi connectivity index (χ0) is 5.54. The van der Waals surface area contributed by atoms with Gasteiger partial charge in [-0.05, 0) is 6.42 Å². The lowest BCUT2D eigenvalue weighted by molar-refractivity contribution is 0.735. The molecule has 0 spiro atoms. The van der Waals surface area contributed by atoms with Crippen LogP contribution in [0.15, 0.2) is 0 Å². The van der Waals surface area contributed by atoms with E-state index < -0.39 is 0 Å². The highest BCUT2D eigenvalue weighted by atomic mass is 79.9. The highest BCUT2D eigenvalue weighted by Crippen LogP contribution is 1.99. The molecule has 0 aromatic heterocycles. The molecule has 0 heterocycles. The Hall–Kier alpha value is 0.480. The van der Waals surface area contributed by atoms with Gasteiger partial charge in [0.15, 0.2) is 0 Å². The summed E-state index contributed by atoms with van der Waals surface area (Å²) < 4.78 is 0. The molecule has 0 aromatic rings. The molecule has 7 heavy (non-hydrogen) atoms. The van der Waals surface area contributed by atoms with E-state index in [4.69, 9.17) is 0 Å². The first-order valence-corrected chi connectivity index (χ1v) is 3.89. The zero-order valence-corrected chi connectivity index (χ0v) is 6.21. The first-order chi connectivity index (χ1) is 3.41. The molecule has 1 heteroatoms.